The standard InChI is InChI=1S/C25H24ClN7O3S/c1-25(27)7-9-31(10-8-25)20-12-29-21(13-28-20)37-19-6-5-18-22(23(19)26)24(34)32(15-30-18)14-16-3-2-4-17(11-16)33(35)36/h2-6,11-13,15H,7-10,14,27H2,1H3. The molecule has 5 rings (SSSR count). The Morgan fingerprint density at radius 2 is 1.95 bits per heavy atom. The molecule has 1 fully saturated rings. The van der Waals surface area contributed by atoms with Crippen LogP contribution in [0.5, 0.6) is 0 Å². The number of non-ortho nitro benzene ring substituents is 1. The van der Waals surface area contributed by atoms with Gasteiger partial charge in [-0.2, -0.15) is 0 Å². The first-order chi connectivity index (χ1) is 17.7. The van der Waals surface area contributed by atoms with Crippen molar-refractivity contribution in [3.05, 3.63) is 86.2 Å². The van der Waals surface area contributed by atoms with Crippen molar-refractivity contribution in [2.24, 2.45) is 5.73 Å². The maximum Gasteiger partial charge on any atom is 0.269 e. The molecule has 2 aromatic heterocycles. The van der Waals surface area contributed by atoms with Gasteiger partial charge in [-0.05, 0) is 37.5 Å². The van der Waals surface area contributed by atoms with E-state index in [2.05, 4.69) is 26.8 Å². The third kappa shape index (κ3) is 5.43. The Balaban J connectivity index is 1.38. The molecule has 0 saturated carbocycles. The first-order valence-electron chi connectivity index (χ1n) is 11.6. The summed E-state index contributed by atoms with van der Waals surface area (Å²) in [4.78, 5) is 40.2. The fraction of sp³-hybridized carbons (Fsp3) is 0.280. The van der Waals surface area contributed by atoms with E-state index < -0.39 is 4.92 Å². The molecule has 3 heterocycles. The van der Waals surface area contributed by atoms with Gasteiger partial charge in [0, 0.05) is 35.7 Å². The molecule has 10 nitrogen and oxygen atoms in total. The molecule has 0 atom stereocenters. The van der Waals surface area contributed by atoms with Crippen LogP contribution < -0.4 is 16.2 Å². The summed E-state index contributed by atoms with van der Waals surface area (Å²) in [6.07, 6.45) is 6.64. The number of nitrogens with two attached hydrogens (primary N) is 1. The third-order valence-electron chi connectivity index (χ3n) is 6.43. The zero-order valence-corrected chi connectivity index (χ0v) is 21.6. The average molecular weight is 538 g/mol. The van der Waals surface area contributed by atoms with E-state index in [1.54, 1.807) is 36.7 Å². The normalized spacial score (nSPS) is 15.2. The van der Waals surface area contributed by atoms with Gasteiger partial charge in [-0.15, -0.1) is 0 Å². The van der Waals surface area contributed by atoms with Crippen LogP contribution in [0.2, 0.25) is 5.02 Å². The molecule has 0 radical (unpaired) electrons. The molecule has 1 aliphatic heterocycles. The van der Waals surface area contributed by atoms with Gasteiger partial charge in [0.15, 0.2) is 0 Å². The molecule has 2 N–H and O–H groups in total. The lowest BCUT2D eigenvalue weighted by atomic mass is 9.91. The molecule has 1 aliphatic rings. The molecular weight excluding hydrogens is 514 g/mol. The van der Waals surface area contributed by atoms with Crippen molar-refractivity contribution in [3.8, 4) is 0 Å². The largest absolute Gasteiger partial charge is 0.355 e. The van der Waals surface area contributed by atoms with Crippen molar-refractivity contribution in [1.29, 1.82) is 0 Å². The van der Waals surface area contributed by atoms with Gasteiger partial charge >= 0.3 is 0 Å². The smallest absolute Gasteiger partial charge is 0.269 e. The number of piperidine rings is 1. The Labute approximate surface area is 221 Å². The second-order valence-corrected chi connectivity index (χ2v) is 10.8. The monoisotopic (exact) mass is 537 g/mol. The van der Waals surface area contributed by atoms with Crippen LogP contribution in [0.1, 0.15) is 25.3 Å². The quantitative estimate of drug-likeness (QED) is 0.283. The number of rotatable bonds is 6. The van der Waals surface area contributed by atoms with Gasteiger partial charge in [-0.1, -0.05) is 35.5 Å². The van der Waals surface area contributed by atoms with Crippen LogP contribution in [0.25, 0.3) is 10.9 Å². The SMILES string of the molecule is CC1(N)CCN(c2cnc(Sc3ccc4ncn(Cc5cccc([N+](=O)[O-])c5)c(=O)c4c3Cl)cn2)CC1. The molecule has 0 unspecified atom stereocenters. The summed E-state index contributed by atoms with van der Waals surface area (Å²) in [7, 11) is 0. The molecule has 2 aromatic carbocycles. The highest BCUT2D eigenvalue weighted by Gasteiger charge is 2.26. The summed E-state index contributed by atoms with van der Waals surface area (Å²) in [5.41, 5.74) is 6.79. The van der Waals surface area contributed by atoms with E-state index >= 15 is 0 Å². The summed E-state index contributed by atoms with van der Waals surface area (Å²) in [6, 6.07) is 9.69. The minimum Gasteiger partial charge on any atom is -0.355 e. The van der Waals surface area contributed by atoms with Crippen molar-refractivity contribution >= 4 is 45.8 Å². The number of aromatic nitrogens is 4. The molecule has 0 bridgehead atoms. The number of nitro groups is 1. The Kier molecular flexibility index (Phi) is 6.84. The molecule has 0 spiro atoms. The van der Waals surface area contributed by atoms with Crippen molar-refractivity contribution in [3.63, 3.8) is 0 Å². The molecule has 12 heteroatoms. The van der Waals surface area contributed by atoms with Gasteiger partial charge in [-0.25, -0.2) is 15.0 Å². The number of hydrogen-bond donors (Lipinski definition) is 1. The highest BCUT2D eigenvalue weighted by atomic mass is 35.5. The van der Waals surface area contributed by atoms with Crippen molar-refractivity contribution in [2.75, 3.05) is 18.0 Å². The lowest BCUT2D eigenvalue weighted by molar-refractivity contribution is -0.384. The minimum atomic E-state index is -0.469. The van der Waals surface area contributed by atoms with Gasteiger partial charge in [0.05, 0.1) is 46.1 Å². The second kappa shape index (κ2) is 10.1. The minimum absolute atomic E-state index is 0.0405. The van der Waals surface area contributed by atoms with Crippen LogP contribution >= 0.6 is 23.4 Å². The Hall–Kier alpha value is -3.54. The first-order valence-corrected chi connectivity index (χ1v) is 12.8. The summed E-state index contributed by atoms with van der Waals surface area (Å²) in [5, 5.41) is 12.3. The molecule has 190 valence electrons. The lowest BCUT2D eigenvalue weighted by Gasteiger charge is -2.37. The molecule has 0 aliphatic carbocycles. The highest BCUT2D eigenvalue weighted by Crippen LogP contribution is 2.35. The summed E-state index contributed by atoms with van der Waals surface area (Å²) in [5.74, 6) is 0.803. The molecule has 4 aromatic rings. The van der Waals surface area contributed by atoms with E-state index in [0.717, 1.165) is 31.7 Å². The number of hydrogen-bond acceptors (Lipinski definition) is 9. The van der Waals surface area contributed by atoms with Crippen LogP contribution in [0.3, 0.4) is 0 Å². The fourth-order valence-corrected chi connectivity index (χ4v) is 5.35. The van der Waals surface area contributed by atoms with E-state index in [1.807, 2.05) is 0 Å². The van der Waals surface area contributed by atoms with Crippen molar-refractivity contribution in [1.82, 2.24) is 19.5 Å². The predicted octanol–water partition coefficient (Wildman–Crippen LogP) is 4.27. The van der Waals surface area contributed by atoms with Crippen LogP contribution in [-0.2, 0) is 6.54 Å². The number of nitrogens with zero attached hydrogens (tertiary/aromatic N) is 6. The number of nitro benzene ring substituents is 1. The number of halogens is 1. The number of anilines is 1. The Bertz CT molecular complexity index is 1530. The summed E-state index contributed by atoms with van der Waals surface area (Å²) < 4.78 is 1.39. The summed E-state index contributed by atoms with van der Waals surface area (Å²) >= 11 is 8.00. The third-order valence-corrected chi connectivity index (χ3v) is 7.91. The predicted molar refractivity (Wildman–Crippen MR) is 143 cm³/mol. The first kappa shape index (κ1) is 25.1. The van der Waals surface area contributed by atoms with Crippen LogP contribution in [0.4, 0.5) is 11.5 Å². The molecule has 37 heavy (non-hydrogen) atoms. The Morgan fingerprint density at radius 3 is 2.65 bits per heavy atom. The highest BCUT2D eigenvalue weighted by molar-refractivity contribution is 7.99. The second-order valence-electron chi connectivity index (χ2n) is 9.33. The van der Waals surface area contributed by atoms with Gasteiger partial charge in [-0.3, -0.25) is 19.5 Å². The van der Waals surface area contributed by atoms with Gasteiger partial charge in [0.25, 0.3) is 11.2 Å². The van der Waals surface area contributed by atoms with E-state index in [-0.39, 0.29) is 33.7 Å². The van der Waals surface area contributed by atoms with Crippen LogP contribution in [0.15, 0.2) is 69.8 Å². The van der Waals surface area contributed by atoms with Gasteiger partial charge in [0.2, 0.25) is 0 Å². The van der Waals surface area contributed by atoms with E-state index in [0.29, 0.717) is 21.0 Å². The lowest BCUT2D eigenvalue weighted by Crippen LogP contribution is -2.48. The van der Waals surface area contributed by atoms with Gasteiger partial charge in [0.1, 0.15) is 10.8 Å². The van der Waals surface area contributed by atoms with Gasteiger partial charge < -0.3 is 10.6 Å². The zero-order chi connectivity index (χ0) is 26.2. The van der Waals surface area contributed by atoms with Crippen molar-refractivity contribution in [2.45, 2.75) is 41.8 Å². The molecular formula is C25H24ClN7O3S. The van der Waals surface area contributed by atoms with E-state index in [1.165, 1.54) is 34.8 Å². The summed E-state index contributed by atoms with van der Waals surface area (Å²) in [6.45, 7) is 3.87. The molecule has 0 amide bonds. The maximum absolute atomic E-state index is 13.3. The average Bonchev–Trinajstić information content (AvgIpc) is 2.88. The Morgan fingerprint density at radius 1 is 1.16 bits per heavy atom. The van der Waals surface area contributed by atoms with E-state index in [4.69, 9.17) is 17.3 Å². The fourth-order valence-electron chi connectivity index (χ4n) is 4.23. The van der Waals surface area contributed by atoms with Crippen molar-refractivity contribution < 1.29 is 4.92 Å². The maximum atomic E-state index is 13.3. The van der Waals surface area contributed by atoms with E-state index in [9.17, 15) is 14.9 Å². The zero-order valence-electron chi connectivity index (χ0n) is 20.0. The van der Waals surface area contributed by atoms with Crippen LogP contribution in [-0.4, -0.2) is 43.1 Å². The number of fused-ring (bicyclic) bond motifs is 1. The topological polar surface area (TPSA) is 133 Å². The molecule has 1 saturated heterocycles. The number of benzene rings is 2. The van der Waals surface area contributed by atoms with Crippen LogP contribution in [0, 0.1) is 10.1 Å².